The van der Waals surface area contributed by atoms with Crippen LogP contribution < -0.4 is 5.32 Å². The quantitative estimate of drug-likeness (QED) is 0.727. The predicted octanol–water partition coefficient (Wildman–Crippen LogP) is 3.49. The molecule has 0 unspecified atom stereocenters. The van der Waals surface area contributed by atoms with E-state index in [0.717, 1.165) is 18.0 Å². The van der Waals surface area contributed by atoms with Gasteiger partial charge in [0, 0.05) is 12.1 Å². The summed E-state index contributed by atoms with van der Waals surface area (Å²) in [5.41, 5.74) is 0. The van der Waals surface area contributed by atoms with E-state index >= 15 is 0 Å². The van der Waals surface area contributed by atoms with Crippen LogP contribution in [0.4, 0.5) is 0 Å². The van der Waals surface area contributed by atoms with E-state index in [2.05, 4.69) is 12.2 Å². The summed E-state index contributed by atoms with van der Waals surface area (Å²) in [6.07, 6.45) is 13.0. The van der Waals surface area contributed by atoms with Gasteiger partial charge in [0.05, 0.1) is 0 Å². The van der Waals surface area contributed by atoms with Crippen LogP contribution in [0.2, 0.25) is 0 Å². The molecule has 2 atom stereocenters. The van der Waals surface area contributed by atoms with Gasteiger partial charge in [-0.1, -0.05) is 39.0 Å². The summed E-state index contributed by atoms with van der Waals surface area (Å²) in [5.74, 6) is 1.02. The molecule has 2 saturated carbocycles. The number of hydrogen-bond donors (Lipinski definition) is 1. The number of hydrogen-bond acceptors (Lipinski definition) is 1. The second-order valence-electron chi connectivity index (χ2n) is 5.29. The number of rotatable bonds is 3. The van der Waals surface area contributed by atoms with Gasteiger partial charge in [0.25, 0.3) is 0 Å². The molecule has 0 aromatic rings. The fraction of sp³-hybridized carbons (Fsp3) is 1.00. The molecule has 0 aromatic carbocycles. The van der Waals surface area contributed by atoms with Crippen LogP contribution in [-0.2, 0) is 0 Å². The molecule has 0 heterocycles. The molecule has 0 aromatic heterocycles. The molecular formula is C13H25N. The molecule has 1 N–H and O–H groups in total. The summed E-state index contributed by atoms with van der Waals surface area (Å²) >= 11 is 0. The van der Waals surface area contributed by atoms with Crippen LogP contribution in [0.1, 0.15) is 64.7 Å². The van der Waals surface area contributed by atoms with Crippen molar-refractivity contribution in [1.82, 2.24) is 5.32 Å². The molecule has 2 rings (SSSR count). The van der Waals surface area contributed by atoms with Gasteiger partial charge in [-0.05, 0) is 31.6 Å². The Bertz CT molecular complexity index is 161. The molecule has 82 valence electrons. The van der Waals surface area contributed by atoms with Gasteiger partial charge in [-0.3, -0.25) is 0 Å². The maximum absolute atomic E-state index is 3.88. The van der Waals surface area contributed by atoms with Crippen molar-refractivity contribution >= 4 is 0 Å². The van der Waals surface area contributed by atoms with Crippen LogP contribution in [0, 0.1) is 5.92 Å². The standard InChI is InChI=1S/C13H25N/c1-2-11-6-5-9-13(10-11)14-12-7-3-4-8-12/h11-14H,2-10H2,1H3/t11-,13+/m0/s1. The van der Waals surface area contributed by atoms with E-state index in [1.807, 2.05) is 0 Å². The van der Waals surface area contributed by atoms with E-state index in [1.165, 1.54) is 57.8 Å². The van der Waals surface area contributed by atoms with Crippen molar-refractivity contribution in [2.24, 2.45) is 5.92 Å². The lowest BCUT2D eigenvalue weighted by Gasteiger charge is -2.31. The average molecular weight is 195 g/mol. The molecule has 0 saturated heterocycles. The van der Waals surface area contributed by atoms with Gasteiger partial charge in [0.2, 0.25) is 0 Å². The fourth-order valence-corrected chi connectivity index (χ4v) is 3.24. The summed E-state index contributed by atoms with van der Waals surface area (Å²) in [6.45, 7) is 2.35. The molecule has 2 aliphatic rings. The highest BCUT2D eigenvalue weighted by Gasteiger charge is 2.24. The van der Waals surface area contributed by atoms with Crippen molar-refractivity contribution in [2.45, 2.75) is 76.8 Å². The molecule has 14 heavy (non-hydrogen) atoms. The molecule has 0 bridgehead atoms. The van der Waals surface area contributed by atoms with Gasteiger partial charge in [-0.2, -0.15) is 0 Å². The Hall–Kier alpha value is -0.0400. The summed E-state index contributed by atoms with van der Waals surface area (Å²) in [4.78, 5) is 0. The van der Waals surface area contributed by atoms with Crippen LogP contribution in [0.3, 0.4) is 0 Å². The predicted molar refractivity (Wildman–Crippen MR) is 61.4 cm³/mol. The molecule has 0 amide bonds. The average Bonchev–Trinajstić information content (AvgIpc) is 2.71. The van der Waals surface area contributed by atoms with Gasteiger partial charge >= 0.3 is 0 Å². The maximum Gasteiger partial charge on any atom is 0.00722 e. The van der Waals surface area contributed by atoms with Crippen molar-refractivity contribution in [3.63, 3.8) is 0 Å². The minimum absolute atomic E-state index is 0.858. The normalized spacial score (nSPS) is 34.9. The van der Waals surface area contributed by atoms with Crippen molar-refractivity contribution in [3.05, 3.63) is 0 Å². The molecule has 1 heteroatoms. The molecule has 0 aliphatic heterocycles. The second-order valence-corrected chi connectivity index (χ2v) is 5.29. The Balaban J connectivity index is 1.73. The Morgan fingerprint density at radius 2 is 1.64 bits per heavy atom. The lowest BCUT2D eigenvalue weighted by atomic mass is 9.84. The minimum atomic E-state index is 0.858. The smallest absolute Gasteiger partial charge is 0.00722 e. The summed E-state index contributed by atoms with van der Waals surface area (Å²) < 4.78 is 0. The first-order valence-electron chi connectivity index (χ1n) is 6.64. The lowest BCUT2D eigenvalue weighted by molar-refractivity contribution is 0.262. The fourth-order valence-electron chi connectivity index (χ4n) is 3.24. The Kier molecular flexibility index (Phi) is 3.86. The molecule has 1 nitrogen and oxygen atoms in total. The largest absolute Gasteiger partial charge is 0.311 e. The Morgan fingerprint density at radius 3 is 2.36 bits per heavy atom. The third-order valence-corrected chi connectivity index (χ3v) is 4.19. The van der Waals surface area contributed by atoms with Crippen molar-refractivity contribution in [3.8, 4) is 0 Å². The zero-order valence-corrected chi connectivity index (χ0v) is 9.60. The first kappa shape index (κ1) is 10.5. The minimum Gasteiger partial charge on any atom is -0.311 e. The second kappa shape index (κ2) is 5.16. The third kappa shape index (κ3) is 2.73. The van der Waals surface area contributed by atoms with Gasteiger partial charge in [0.1, 0.15) is 0 Å². The molecular weight excluding hydrogens is 170 g/mol. The van der Waals surface area contributed by atoms with Gasteiger partial charge in [-0.15, -0.1) is 0 Å². The van der Waals surface area contributed by atoms with Crippen molar-refractivity contribution in [1.29, 1.82) is 0 Å². The first-order chi connectivity index (χ1) is 6.88. The summed E-state index contributed by atoms with van der Waals surface area (Å²) in [5, 5.41) is 3.88. The van der Waals surface area contributed by atoms with Gasteiger partial charge in [0.15, 0.2) is 0 Å². The molecule has 2 fully saturated rings. The van der Waals surface area contributed by atoms with Crippen molar-refractivity contribution in [2.75, 3.05) is 0 Å². The maximum atomic E-state index is 3.88. The first-order valence-corrected chi connectivity index (χ1v) is 6.64. The van der Waals surface area contributed by atoms with Gasteiger partial charge < -0.3 is 5.32 Å². The van der Waals surface area contributed by atoms with E-state index < -0.39 is 0 Å². The zero-order chi connectivity index (χ0) is 9.80. The lowest BCUT2D eigenvalue weighted by Crippen LogP contribution is -2.39. The number of nitrogens with one attached hydrogen (secondary N) is 1. The molecule has 0 radical (unpaired) electrons. The van der Waals surface area contributed by atoms with Crippen LogP contribution in [0.5, 0.6) is 0 Å². The highest BCUT2D eigenvalue weighted by molar-refractivity contribution is 4.82. The van der Waals surface area contributed by atoms with E-state index in [9.17, 15) is 0 Å². The topological polar surface area (TPSA) is 12.0 Å². The van der Waals surface area contributed by atoms with E-state index in [0.29, 0.717) is 0 Å². The van der Waals surface area contributed by atoms with E-state index in [4.69, 9.17) is 0 Å². The third-order valence-electron chi connectivity index (χ3n) is 4.19. The SMILES string of the molecule is CC[C@H]1CCC[C@@H](NC2CCCC2)C1. The van der Waals surface area contributed by atoms with Crippen molar-refractivity contribution < 1.29 is 0 Å². The van der Waals surface area contributed by atoms with Crippen LogP contribution in [0.25, 0.3) is 0 Å². The van der Waals surface area contributed by atoms with Crippen LogP contribution >= 0.6 is 0 Å². The van der Waals surface area contributed by atoms with Gasteiger partial charge in [-0.25, -0.2) is 0 Å². The Labute approximate surface area is 88.7 Å². The monoisotopic (exact) mass is 195 g/mol. The molecule has 2 aliphatic carbocycles. The summed E-state index contributed by atoms with van der Waals surface area (Å²) in [6, 6.07) is 1.73. The highest BCUT2D eigenvalue weighted by atomic mass is 15.0. The van der Waals surface area contributed by atoms with Crippen LogP contribution in [0.15, 0.2) is 0 Å². The zero-order valence-electron chi connectivity index (χ0n) is 9.60. The van der Waals surface area contributed by atoms with E-state index in [-0.39, 0.29) is 0 Å². The van der Waals surface area contributed by atoms with E-state index in [1.54, 1.807) is 0 Å². The summed E-state index contributed by atoms with van der Waals surface area (Å²) in [7, 11) is 0. The molecule has 0 spiro atoms. The Morgan fingerprint density at radius 1 is 0.929 bits per heavy atom. The van der Waals surface area contributed by atoms with Crippen LogP contribution in [-0.4, -0.2) is 12.1 Å². The highest BCUT2D eigenvalue weighted by Crippen LogP contribution is 2.28.